The molecule has 0 saturated heterocycles. The highest BCUT2D eigenvalue weighted by Crippen LogP contribution is 2.31. The molecule has 0 aliphatic heterocycles. The Labute approximate surface area is 109 Å². The van der Waals surface area contributed by atoms with E-state index in [1.807, 2.05) is 36.4 Å². The van der Waals surface area contributed by atoms with Crippen LogP contribution in [0.3, 0.4) is 0 Å². The fraction of sp³-hybridized carbons (Fsp3) is 0. The van der Waals surface area contributed by atoms with Gasteiger partial charge in [0.05, 0.1) is 11.9 Å². The summed E-state index contributed by atoms with van der Waals surface area (Å²) in [7, 11) is 0. The van der Waals surface area contributed by atoms with Crippen molar-refractivity contribution in [2.24, 2.45) is 0 Å². The summed E-state index contributed by atoms with van der Waals surface area (Å²) >= 11 is 0. The number of benzene rings is 1. The molecule has 3 heteroatoms. The maximum Gasteiger partial charge on any atom is 0.153 e. The quantitative estimate of drug-likeness (QED) is 0.508. The molecule has 0 radical (unpaired) electrons. The molecule has 0 aliphatic rings. The third-order valence-electron chi connectivity index (χ3n) is 3.23. The molecule has 4 rings (SSSR count). The summed E-state index contributed by atoms with van der Waals surface area (Å²) in [5.41, 5.74) is 3.75. The highest BCUT2D eigenvalue weighted by molar-refractivity contribution is 6.05. The minimum Gasteiger partial charge on any atom is -0.454 e. The number of rotatable bonds is 1. The van der Waals surface area contributed by atoms with Crippen LogP contribution in [0.4, 0.5) is 0 Å². The maximum absolute atomic E-state index is 5.76. The highest BCUT2D eigenvalue weighted by atomic mass is 16.3. The van der Waals surface area contributed by atoms with Crippen molar-refractivity contribution in [3.8, 4) is 11.3 Å². The highest BCUT2D eigenvalue weighted by Gasteiger charge is 2.08. The van der Waals surface area contributed by atoms with Gasteiger partial charge >= 0.3 is 0 Å². The SMILES string of the molecule is c1ccc(-c2ccc3oc4cnccc4c3c2)nc1. The molecule has 0 spiro atoms. The van der Waals surface area contributed by atoms with Crippen LogP contribution in [0.25, 0.3) is 33.2 Å². The first kappa shape index (κ1) is 10.3. The van der Waals surface area contributed by atoms with E-state index in [0.717, 1.165) is 33.2 Å². The van der Waals surface area contributed by atoms with Gasteiger partial charge in [-0.1, -0.05) is 6.07 Å². The number of pyridine rings is 2. The number of aromatic nitrogens is 2. The lowest BCUT2D eigenvalue weighted by Gasteiger charge is -1.99. The molecule has 1 aromatic carbocycles. The van der Waals surface area contributed by atoms with E-state index in [0.29, 0.717) is 0 Å². The normalized spacial score (nSPS) is 11.2. The van der Waals surface area contributed by atoms with Crippen LogP contribution in [0.2, 0.25) is 0 Å². The Bertz CT molecular complexity index is 866. The number of furan rings is 1. The van der Waals surface area contributed by atoms with Crippen molar-refractivity contribution in [3.63, 3.8) is 0 Å². The summed E-state index contributed by atoms with van der Waals surface area (Å²) in [6.45, 7) is 0. The molecule has 3 nitrogen and oxygen atoms in total. The molecule has 0 unspecified atom stereocenters. The third-order valence-corrected chi connectivity index (χ3v) is 3.23. The van der Waals surface area contributed by atoms with Gasteiger partial charge in [0.2, 0.25) is 0 Å². The zero-order valence-electron chi connectivity index (χ0n) is 10.1. The fourth-order valence-electron chi connectivity index (χ4n) is 2.32. The number of nitrogens with zero attached hydrogens (tertiary/aromatic N) is 2. The fourth-order valence-corrected chi connectivity index (χ4v) is 2.32. The Morgan fingerprint density at radius 2 is 1.84 bits per heavy atom. The van der Waals surface area contributed by atoms with Gasteiger partial charge in [-0.3, -0.25) is 9.97 Å². The van der Waals surface area contributed by atoms with Crippen LogP contribution >= 0.6 is 0 Å². The first-order chi connectivity index (χ1) is 9.42. The van der Waals surface area contributed by atoms with Crippen molar-refractivity contribution in [1.29, 1.82) is 0 Å². The van der Waals surface area contributed by atoms with Gasteiger partial charge < -0.3 is 4.42 Å². The minimum atomic E-state index is 0.815. The van der Waals surface area contributed by atoms with Crippen LogP contribution in [0.1, 0.15) is 0 Å². The molecule has 19 heavy (non-hydrogen) atoms. The standard InChI is InChI=1S/C16H10N2O/c1-2-7-18-14(3-1)11-4-5-15-13(9-11)12-6-8-17-10-16(12)19-15/h1-10H. The van der Waals surface area contributed by atoms with Crippen LogP contribution < -0.4 is 0 Å². The van der Waals surface area contributed by atoms with E-state index in [1.165, 1.54) is 0 Å². The Hall–Kier alpha value is -2.68. The Morgan fingerprint density at radius 3 is 2.74 bits per heavy atom. The van der Waals surface area contributed by atoms with Gasteiger partial charge in [0.25, 0.3) is 0 Å². The smallest absolute Gasteiger partial charge is 0.153 e. The van der Waals surface area contributed by atoms with Gasteiger partial charge in [0, 0.05) is 28.7 Å². The Morgan fingerprint density at radius 1 is 0.842 bits per heavy atom. The van der Waals surface area contributed by atoms with E-state index in [2.05, 4.69) is 16.0 Å². The Kier molecular flexibility index (Phi) is 2.12. The molecule has 0 fully saturated rings. The van der Waals surface area contributed by atoms with Crippen molar-refractivity contribution in [2.45, 2.75) is 0 Å². The molecule has 0 saturated carbocycles. The van der Waals surface area contributed by atoms with Gasteiger partial charge in [-0.2, -0.15) is 0 Å². The summed E-state index contributed by atoms with van der Waals surface area (Å²) < 4.78 is 5.76. The monoisotopic (exact) mass is 246 g/mol. The summed E-state index contributed by atoms with van der Waals surface area (Å²) in [5.74, 6) is 0. The molecule has 4 aromatic rings. The first-order valence-corrected chi connectivity index (χ1v) is 6.09. The molecular formula is C16H10N2O. The molecular weight excluding hydrogens is 236 g/mol. The van der Waals surface area contributed by atoms with Crippen LogP contribution in [-0.4, -0.2) is 9.97 Å². The molecule has 0 amide bonds. The zero-order valence-corrected chi connectivity index (χ0v) is 10.1. The second-order valence-electron chi connectivity index (χ2n) is 4.40. The number of fused-ring (bicyclic) bond motifs is 3. The van der Waals surface area contributed by atoms with E-state index in [9.17, 15) is 0 Å². The average Bonchev–Trinajstić information content (AvgIpc) is 2.86. The van der Waals surface area contributed by atoms with Crippen molar-refractivity contribution >= 4 is 21.9 Å². The molecule has 0 N–H and O–H groups in total. The van der Waals surface area contributed by atoms with Gasteiger partial charge in [0.15, 0.2) is 5.58 Å². The van der Waals surface area contributed by atoms with Crippen molar-refractivity contribution < 1.29 is 4.42 Å². The third kappa shape index (κ3) is 1.59. The minimum absolute atomic E-state index is 0.815. The average molecular weight is 246 g/mol. The number of hydrogen-bond acceptors (Lipinski definition) is 3. The summed E-state index contributed by atoms with van der Waals surface area (Å²) in [6.07, 6.45) is 5.33. The van der Waals surface area contributed by atoms with Crippen LogP contribution in [-0.2, 0) is 0 Å². The molecule has 0 atom stereocenters. The van der Waals surface area contributed by atoms with Crippen molar-refractivity contribution in [3.05, 3.63) is 61.1 Å². The molecule has 3 heterocycles. The molecule has 0 bridgehead atoms. The topological polar surface area (TPSA) is 38.9 Å². The van der Waals surface area contributed by atoms with E-state index >= 15 is 0 Å². The van der Waals surface area contributed by atoms with Gasteiger partial charge in [0.1, 0.15) is 5.58 Å². The molecule has 0 aliphatic carbocycles. The van der Waals surface area contributed by atoms with Crippen LogP contribution in [0.15, 0.2) is 65.5 Å². The number of hydrogen-bond donors (Lipinski definition) is 0. The predicted octanol–water partition coefficient (Wildman–Crippen LogP) is 4.04. The lowest BCUT2D eigenvalue weighted by molar-refractivity contribution is 0.667. The van der Waals surface area contributed by atoms with E-state index in [1.54, 1.807) is 18.6 Å². The second kappa shape index (κ2) is 3.92. The van der Waals surface area contributed by atoms with Gasteiger partial charge in [-0.15, -0.1) is 0 Å². The molecule has 3 aromatic heterocycles. The van der Waals surface area contributed by atoms with E-state index < -0.39 is 0 Å². The van der Waals surface area contributed by atoms with Crippen LogP contribution in [0, 0.1) is 0 Å². The van der Waals surface area contributed by atoms with E-state index in [4.69, 9.17) is 4.42 Å². The summed E-state index contributed by atoms with van der Waals surface area (Å²) in [5, 5.41) is 2.18. The lowest BCUT2D eigenvalue weighted by Crippen LogP contribution is -1.81. The van der Waals surface area contributed by atoms with Crippen molar-refractivity contribution in [2.75, 3.05) is 0 Å². The first-order valence-electron chi connectivity index (χ1n) is 6.09. The molecule has 90 valence electrons. The van der Waals surface area contributed by atoms with Crippen LogP contribution in [0.5, 0.6) is 0 Å². The second-order valence-corrected chi connectivity index (χ2v) is 4.40. The van der Waals surface area contributed by atoms with Gasteiger partial charge in [-0.25, -0.2) is 0 Å². The van der Waals surface area contributed by atoms with Crippen molar-refractivity contribution in [1.82, 2.24) is 9.97 Å². The predicted molar refractivity (Wildman–Crippen MR) is 74.7 cm³/mol. The summed E-state index contributed by atoms with van der Waals surface area (Å²) in [6, 6.07) is 14.0. The van der Waals surface area contributed by atoms with Gasteiger partial charge in [-0.05, 0) is 36.4 Å². The lowest BCUT2D eigenvalue weighted by atomic mass is 10.1. The summed E-state index contributed by atoms with van der Waals surface area (Å²) in [4.78, 5) is 8.46. The largest absolute Gasteiger partial charge is 0.454 e. The zero-order chi connectivity index (χ0) is 12.7. The van der Waals surface area contributed by atoms with E-state index in [-0.39, 0.29) is 0 Å². The maximum atomic E-state index is 5.76. The Balaban J connectivity index is 2.03.